The molecule has 0 unspecified atom stereocenters. The first-order valence-corrected chi connectivity index (χ1v) is 10.1. The SMILES string of the molecule is Cc1ccc2c(n1)nc(Cn1c(=O)n(C3CC3)c3ccncc31)n2CCCCF. The van der Waals surface area contributed by atoms with Crippen LogP contribution in [0.3, 0.4) is 0 Å². The number of aromatic nitrogens is 6. The minimum absolute atomic E-state index is 0.0259. The minimum atomic E-state index is -0.334. The van der Waals surface area contributed by atoms with Crippen molar-refractivity contribution in [2.24, 2.45) is 0 Å². The highest BCUT2D eigenvalue weighted by Gasteiger charge is 2.29. The lowest BCUT2D eigenvalue weighted by Gasteiger charge is -2.09. The van der Waals surface area contributed by atoms with E-state index in [-0.39, 0.29) is 18.4 Å². The average molecular weight is 394 g/mol. The van der Waals surface area contributed by atoms with E-state index in [4.69, 9.17) is 4.98 Å². The van der Waals surface area contributed by atoms with Gasteiger partial charge in [-0.15, -0.1) is 0 Å². The molecule has 0 saturated heterocycles. The molecular weight excluding hydrogens is 371 g/mol. The Morgan fingerprint density at radius 1 is 1.07 bits per heavy atom. The maximum atomic E-state index is 13.2. The van der Waals surface area contributed by atoms with E-state index in [1.165, 1.54) is 0 Å². The molecule has 1 aliphatic carbocycles. The molecular formula is C21H23FN6O. The molecule has 1 aliphatic rings. The van der Waals surface area contributed by atoms with Gasteiger partial charge in [-0.1, -0.05) is 0 Å². The summed E-state index contributed by atoms with van der Waals surface area (Å²) >= 11 is 0. The molecule has 0 spiro atoms. The van der Waals surface area contributed by atoms with Crippen molar-refractivity contribution >= 4 is 22.2 Å². The Kier molecular flexibility index (Phi) is 4.41. The van der Waals surface area contributed by atoms with Crippen molar-refractivity contribution in [1.82, 2.24) is 28.7 Å². The van der Waals surface area contributed by atoms with Gasteiger partial charge in [-0.3, -0.25) is 18.5 Å². The summed E-state index contributed by atoms with van der Waals surface area (Å²) in [5.74, 6) is 0.762. The molecule has 1 saturated carbocycles. The van der Waals surface area contributed by atoms with Crippen molar-refractivity contribution in [2.45, 2.75) is 51.7 Å². The second-order valence-corrected chi connectivity index (χ2v) is 7.71. The molecule has 0 amide bonds. The summed E-state index contributed by atoms with van der Waals surface area (Å²) < 4.78 is 18.4. The molecule has 0 atom stereocenters. The molecule has 29 heavy (non-hydrogen) atoms. The van der Waals surface area contributed by atoms with Gasteiger partial charge in [-0.05, 0) is 50.8 Å². The van der Waals surface area contributed by atoms with E-state index in [1.807, 2.05) is 29.7 Å². The molecule has 150 valence electrons. The highest BCUT2D eigenvalue weighted by molar-refractivity contribution is 5.75. The first-order valence-electron chi connectivity index (χ1n) is 10.1. The monoisotopic (exact) mass is 394 g/mol. The fourth-order valence-electron chi connectivity index (χ4n) is 3.99. The molecule has 5 rings (SSSR count). The van der Waals surface area contributed by atoms with E-state index in [0.29, 0.717) is 31.6 Å². The zero-order chi connectivity index (χ0) is 20.0. The van der Waals surface area contributed by atoms with E-state index in [1.54, 1.807) is 17.0 Å². The van der Waals surface area contributed by atoms with Crippen molar-refractivity contribution < 1.29 is 4.39 Å². The topological polar surface area (TPSA) is 70.5 Å². The van der Waals surface area contributed by atoms with Crippen LogP contribution < -0.4 is 5.69 Å². The molecule has 7 nitrogen and oxygen atoms in total. The summed E-state index contributed by atoms with van der Waals surface area (Å²) in [6.07, 6.45) is 6.75. The number of hydrogen-bond donors (Lipinski definition) is 0. The van der Waals surface area contributed by atoms with E-state index >= 15 is 0 Å². The van der Waals surface area contributed by atoms with Gasteiger partial charge in [0.1, 0.15) is 5.82 Å². The van der Waals surface area contributed by atoms with Gasteiger partial charge in [0.2, 0.25) is 0 Å². The lowest BCUT2D eigenvalue weighted by molar-refractivity contribution is 0.446. The second-order valence-electron chi connectivity index (χ2n) is 7.71. The van der Waals surface area contributed by atoms with Gasteiger partial charge in [0.15, 0.2) is 5.65 Å². The van der Waals surface area contributed by atoms with Gasteiger partial charge in [0, 0.05) is 24.5 Å². The number of fused-ring (bicyclic) bond motifs is 2. The van der Waals surface area contributed by atoms with E-state index in [9.17, 15) is 9.18 Å². The molecule has 0 bridgehead atoms. The standard InChI is InChI=1S/C21H23FN6O/c1-14-4-7-17-20(24-14)25-19(26(17)11-3-2-9-22)13-27-18-12-23-10-8-16(18)28(21(27)29)15-5-6-15/h4,7-8,10,12,15H,2-3,5-6,9,11,13H2,1H3. The molecule has 0 N–H and O–H groups in total. The molecule has 0 radical (unpaired) electrons. The van der Waals surface area contributed by atoms with Crippen LogP contribution in [0.1, 0.15) is 43.2 Å². The molecule has 8 heteroatoms. The summed E-state index contributed by atoms with van der Waals surface area (Å²) in [6, 6.07) is 6.14. The van der Waals surface area contributed by atoms with Gasteiger partial charge in [-0.2, -0.15) is 0 Å². The number of pyridine rings is 2. The van der Waals surface area contributed by atoms with Gasteiger partial charge < -0.3 is 4.57 Å². The van der Waals surface area contributed by atoms with Crippen molar-refractivity contribution in [3.63, 3.8) is 0 Å². The van der Waals surface area contributed by atoms with Crippen molar-refractivity contribution in [3.05, 3.63) is 52.6 Å². The van der Waals surface area contributed by atoms with Crippen molar-refractivity contribution in [2.75, 3.05) is 6.67 Å². The fourth-order valence-corrected chi connectivity index (χ4v) is 3.99. The maximum absolute atomic E-state index is 13.2. The third kappa shape index (κ3) is 3.12. The maximum Gasteiger partial charge on any atom is 0.329 e. The van der Waals surface area contributed by atoms with Crippen LogP contribution in [0.4, 0.5) is 4.39 Å². The normalized spacial score (nSPS) is 14.3. The molecule has 1 fully saturated rings. The lowest BCUT2D eigenvalue weighted by atomic mass is 10.3. The van der Waals surface area contributed by atoms with Gasteiger partial charge in [-0.25, -0.2) is 14.8 Å². The van der Waals surface area contributed by atoms with Crippen LogP contribution >= 0.6 is 0 Å². The summed E-state index contributed by atoms with van der Waals surface area (Å²) in [5, 5.41) is 0. The van der Waals surface area contributed by atoms with E-state index < -0.39 is 0 Å². The smallest absolute Gasteiger partial charge is 0.325 e. The molecule has 0 aromatic carbocycles. The second kappa shape index (κ2) is 7.09. The van der Waals surface area contributed by atoms with Crippen LogP contribution in [0.5, 0.6) is 0 Å². The Bertz CT molecular complexity index is 1250. The molecule has 4 aromatic heterocycles. The predicted molar refractivity (Wildman–Crippen MR) is 109 cm³/mol. The predicted octanol–water partition coefficient (Wildman–Crippen LogP) is 3.38. The summed E-state index contributed by atoms with van der Waals surface area (Å²) in [4.78, 5) is 26.7. The van der Waals surface area contributed by atoms with Crippen LogP contribution in [0.25, 0.3) is 22.2 Å². The number of halogens is 1. The number of alkyl halides is 1. The fraction of sp³-hybridized carbons (Fsp3) is 0.429. The summed E-state index contributed by atoms with van der Waals surface area (Å²) in [5.41, 5.74) is 4.18. The lowest BCUT2D eigenvalue weighted by Crippen LogP contribution is -2.25. The molecule has 4 aromatic rings. The first-order chi connectivity index (χ1) is 14.2. The number of hydrogen-bond acceptors (Lipinski definition) is 4. The Hall–Kier alpha value is -3.03. The van der Waals surface area contributed by atoms with Gasteiger partial charge >= 0.3 is 5.69 Å². The minimum Gasteiger partial charge on any atom is -0.325 e. The third-order valence-electron chi connectivity index (χ3n) is 5.57. The van der Waals surface area contributed by atoms with Crippen LogP contribution in [0.2, 0.25) is 0 Å². The summed E-state index contributed by atoms with van der Waals surface area (Å²) in [6.45, 7) is 2.58. The highest BCUT2D eigenvalue weighted by Crippen LogP contribution is 2.36. The van der Waals surface area contributed by atoms with Crippen molar-refractivity contribution in [1.29, 1.82) is 0 Å². The Morgan fingerprint density at radius 2 is 1.93 bits per heavy atom. The zero-order valence-electron chi connectivity index (χ0n) is 16.4. The van der Waals surface area contributed by atoms with Gasteiger partial charge in [0.25, 0.3) is 0 Å². The number of unbranched alkanes of at least 4 members (excludes halogenated alkanes) is 1. The molecule has 4 heterocycles. The van der Waals surface area contributed by atoms with E-state index in [2.05, 4.69) is 14.5 Å². The van der Waals surface area contributed by atoms with E-state index in [0.717, 1.165) is 40.9 Å². The number of rotatable bonds is 7. The number of aryl methyl sites for hydroxylation is 2. The van der Waals surface area contributed by atoms with Crippen molar-refractivity contribution in [3.8, 4) is 0 Å². The van der Waals surface area contributed by atoms with Gasteiger partial charge in [0.05, 0.1) is 36.0 Å². The Labute approximate surface area is 166 Å². The van der Waals surface area contributed by atoms with Crippen LogP contribution in [0, 0.1) is 6.92 Å². The Morgan fingerprint density at radius 3 is 2.72 bits per heavy atom. The summed E-state index contributed by atoms with van der Waals surface area (Å²) in [7, 11) is 0. The first kappa shape index (κ1) is 18.0. The zero-order valence-corrected chi connectivity index (χ0v) is 16.4. The van der Waals surface area contributed by atoms with Crippen LogP contribution in [-0.4, -0.2) is 35.3 Å². The third-order valence-corrected chi connectivity index (χ3v) is 5.57. The average Bonchev–Trinajstić information content (AvgIpc) is 3.44. The number of imidazole rings is 2. The highest BCUT2D eigenvalue weighted by atomic mass is 19.1. The quantitative estimate of drug-likeness (QED) is 0.451. The van der Waals surface area contributed by atoms with Crippen LogP contribution in [-0.2, 0) is 13.1 Å². The number of nitrogens with zero attached hydrogens (tertiary/aromatic N) is 6. The Balaban J connectivity index is 1.63. The molecule has 0 aliphatic heterocycles. The van der Waals surface area contributed by atoms with Crippen LogP contribution in [0.15, 0.2) is 35.4 Å². The largest absolute Gasteiger partial charge is 0.329 e.